The minimum atomic E-state index is 1.00. The van der Waals surface area contributed by atoms with Crippen LogP contribution in [-0.2, 0) is 0 Å². The average molecular weight is 188 g/mol. The minimum Gasteiger partial charge on any atom is -0.249 e. The molecule has 2 nitrogen and oxygen atoms in total. The lowest BCUT2D eigenvalue weighted by atomic mass is 10.2. The Labute approximate surface area is 85.6 Å². The van der Waals surface area contributed by atoms with Crippen LogP contribution in [0.25, 0.3) is 0 Å². The summed E-state index contributed by atoms with van der Waals surface area (Å²) in [6.07, 6.45) is 12.5. The SMILES string of the molecule is C=CN(/C=C\C)/N=C/C1=CC=C(C)C1. The van der Waals surface area contributed by atoms with E-state index >= 15 is 0 Å². The van der Waals surface area contributed by atoms with Gasteiger partial charge in [0, 0.05) is 12.4 Å². The van der Waals surface area contributed by atoms with Gasteiger partial charge in [-0.1, -0.05) is 30.4 Å². The number of rotatable bonds is 4. The third-order valence-corrected chi connectivity index (χ3v) is 1.91. The predicted molar refractivity (Wildman–Crippen MR) is 61.8 cm³/mol. The molecule has 0 heterocycles. The molecule has 0 N–H and O–H groups in total. The fraction of sp³-hybridized carbons (Fsp3) is 0.250. The summed E-state index contributed by atoms with van der Waals surface area (Å²) in [6.45, 7) is 7.74. The van der Waals surface area contributed by atoms with Crippen LogP contribution in [0.2, 0.25) is 0 Å². The topological polar surface area (TPSA) is 15.6 Å². The molecule has 0 unspecified atom stereocenters. The first kappa shape index (κ1) is 10.5. The van der Waals surface area contributed by atoms with Crippen molar-refractivity contribution in [2.24, 2.45) is 5.10 Å². The Hall–Kier alpha value is -1.57. The molecule has 14 heavy (non-hydrogen) atoms. The van der Waals surface area contributed by atoms with E-state index in [0.717, 1.165) is 6.42 Å². The first-order valence-electron chi connectivity index (χ1n) is 4.70. The predicted octanol–water partition coefficient (Wildman–Crippen LogP) is 3.23. The molecule has 0 fully saturated rings. The van der Waals surface area contributed by atoms with Gasteiger partial charge in [-0.05, 0) is 25.8 Å². The van der Waals surface area contributed by atoms with Crippen molar-refractivity contribution in [3.05, 3.63) is 48.4 Å². The van der Waals surface area contributed by atoms with E-state index in [4.69, 9.17) is 0 Å². The van der Waals surface area contributed by atoms with Crippen molar-refractivity contribution in [2.45, 2.75) is 20.3 Å². The first-order chi connectivity index (χ1) is 6.76. The lowest BCUT2D eigenvalue weighted by molar-refractivity contribution is 0.550. The van der Waals surface area contributed by atoms with Gasteiger partial charge in [0.2, 0.25) is 0 Å². The maximum Gasteiger partial charge on any atom is 0.0513 e. The molecule has 0 atom stereocenters. The number of nitrogens with zero attached hydrogens (tertiary/aromatic N) is 2. The Morgan fingerprint density at radius 3 is 2.79 bits per heavy atom. The van der Waals surface area contributed by atoms with Crippen LogP contribution in [0, 0.1) is 0 Å². The van der Waals surface area contributed by atoms with Crippen LogP contribution in [0.15, 0.2) is 53.5 Å². The number of hydrogen-bond donors (Lipinski definition) is 0. The highest BCUT2D eigenvalue weighted by molar-refractivity contribution is 5.80. The third kappa shape index (κ3) is 3.05. The van der Waals surface area contributed by atoms with Crippen molar-refractivity contribution >= 4 is 6.21 Å². The monoisotopic (exact) mass is 188 g/mol. The summed E-state index contributed by atoms with van der Waals surface area (Å²) in [5.41, 5.74) is 2.61. The third-order valence-electron chi connectivity index (χ3n) is 1.91. The molecule has 0 aromatic heterocycles. The summed E-state index contributed by atoms with van der Waals surface area (Å²) in [4.78, 5) is 0. The maximum absolute atomic E-state index is 4.25. The molecule has 74 valence electrons. The van der Waals surface area contributed by atoms with Crippen molar-refractivity contribution in [1.82, 2.24) is 5.01 Å². The number of allylic oxidation sites excluding steroid dienone is 5. The van der Waals surface area contributed by atoms with Crippen LogP contribution in [-0.4, -0.2) is 11.2 Å². The van der Waals surface area contributed by atoms with E-state index in [-0.39, 0.29) is 0 Å². The molecular formula is C12H16N2. The second-order valence-electron chi connectivity index (χ2n) is 3.22. The zero-order valence-electron chi connectivity index (χ0n) is 8.77. The summed E-state index contributed by atoms with van der Waals surface area (Å²) in [5, 5.41) is 5.94. The Morgan fingerprint density at radius 2 is 2.29 bits per heavy atom. The van der Waals surface area contributed by atoms with Gasteiger partial charge < -0.3 is 0 Å². The highest BCUT2D eigenvalue weighted by atomic mass is 15.4. The zero-order valence-corrected chi connectivity index (χ0v) is 8.77. The van der Waals surface area contributed by atoms with Crippen LogP contribution >= 0.6 is 0 Å². The Bertz CT molecular complexity index is 319. The van der Waals surface area contributed by atoms with Crippen LogP contribution < -0.4 is 0 Å². The molecule has 0 saturated carbocycles. The van der Waals surface area contributed by atoms with E-state index in [1.807, 2.05) is 25.4 Å². The summed E-state index contributed by atoms with van der Waals surface area (Å²) in [5.74, 6) is 0. The molecule has 0 aromatic carbocycles. The fourth-order valence-electron chi connectivity index (χ4n) is 1.22. The second kappa shape index (κ2) is 5.22. The van der Waals surface area contributed by atoms with Crippen LogP contribution in [0.1, 0.15) is 20.3 Å². The van der Waals surface area contributed by atoms with Crippen molar-refractivity contribution < 1.29 is 0 Å². The molecule has 1 aliphatic rings. The van der Waals surface area contributed by atoms with Gasteiger partial charge in [-0.3, -0.25) is 0 Å². The number of hydrazone groups is 1. The average Bonchev–Trinajstić information content (AvgIpc) is 2.59. The van der Waals surface area contributed by atoms with Crippen LogP contribution in [0.3, 0.4) is 0 Å². The lowest BCUT2D eigenvalue weighted by Gasteiger charge is -2.06. The molecule has 1 rings (SSSR count). The van der Waals surface area contributed by atoms with Crippen molar-refractivity contribution in [1.29, 1.82) is 0 Å². The van der Waals surface area contributed by atoms with Gasteiger partial charge in [0.1, 0.15) is 0 Å². The summed E-state index contributed by atoms with van der Waals surface area (Å²) >= 11 is 0. The second-order valence-corrected chi connectivity index (χ2v) is 3.22. The van der Waals surface area contributed by atoms with Crippen molar-refractivity contribution in [3.63, 3.8) is 0 Å². The molecule has 0 aromatic rings. The van der Waals surface area contributed by atoms with Crippen LogP contribution in [0.5, 0.6) is 0 Å². The maximum atomic E-state index is 4.25. The van der Waals surface area contributed by atoms with E-state index < -0.39 is 0 Å². The first-order valence-corrected chi connectivity index (χ1v) is 4.70. The summed E-state index contributed by atoms with van der Waals surface area (Å²) in [7, 11) is 0. The quantitative estimate of drug-likeness (QED) is 0.488. The molecule has 1 aliphatic carbocycles. The van der Waals surface area contributed by atoms with Gasteiger partial charge in [-0.25, -0.2) is 5.01 Å². The smallest absolute Gasteiger partial charge is 0.0513 e. The largest absolute Gasteiger partial charge is 0.249 e. The molecule has 0 saturated heterocycles. The van der Waals surface area contributed by atoms with Gasteiger partial charge >= 0.3 is 0 Å². The normalized spacial score (nSPS) is 16.1. The van der Waals surface area contributed by atoms with Crippen molar-refractivity contribution in [3.8, 4) is 0 Å². The standard InChI is InChI=1S/C12H16N2/c1-4-8-14(5-2)13-10-12-7-6-11(3)9-12/h4-8,10H,2,9H2,1,3H3/b8-4-,13-10+. The lowest BCUT2D eigenvalue weighted by Crippen LogP contribution is -1.99. The molecule has 0 aliphatic heterocycles. The minimum absolute atomic E-state index is 1.00. The summed E-state index contributed by atoms with van der Waals surface area (Å²) < 4.78 is 0. The fourth-order valence-corrected chi connectivity index (χ4v) is 1.22. The van der Waals surface area contributed by atoms with E-state index in [0.29, 0.717) is 0 Å². The molecular weight excluding hydrogens is 172 g/mol. The van der Waals surface area contributed by atoms with Gasteiger partial charge in [-0.15, -0.1) is 0 Å². The molecule has 0 spiro atoms. The van der Waals surface area contributed by atoms with Gasteiger partial charge in [-0.2, -0.15) is 5.10 Å². The van der Waals surface area contributed by atoms with E-state index in [9.17, 15) is 0 Å². The van der Waals surface area contributed by atoms with E-state index in [1.54, 1.807) is 11.2 Å². The van der Waals surface area contributed by atoms with Gasteiger partial charge in [0.15, 0.2) is 0 Å². The Balaban J connectivity index is 2.51. The Kier molecular flexibility index (Phi) is 3.92. The molecule has 0 bridgehead atoms. The van der Waals surface area contributed by atoms with E-state index in [1.165, 1.54) is 11.1 Å². The molecule has 0 amide bonds. The van der Waals surface area contributed by atoms with Crippen LogP contribution in [0.4, 0.5) is 0 Å². The highest BCUT2D eigenvalue weighted by Gasteiger charge is 2.01. The number of hydrogen-bond acceptors (Lipinski definition) is 2. The Morgan fingerprint density at radius 1 is 1.50 bits per heavy atom. The van der Waals surface area contributed by atoms with E-state index in [2.05, 4.69) is 30.8 Å². The molecule has 2 heteroatoms. The van der Waals surface area contributed by atoms with Gasteiger partial charge in [0.25, 0.3) is 0 Å². The molecule has 0 radical (unpaired) electrons. The van der Waals surface area contributed by atoms with Gasteiger partial charge in [0.05, 0.1) is 6.21 Å². The summed E-state index contributed by atoms with van der Waals surface area (Å²) in [6, 6.07) is 0. The zero-order chi connectivity index (χ0) is 10.4. The highest BCUT2D eigenvalue weighted by Crippen LogP contribution is 2.16. The van der Waals surface area contributed by atoms with Crippen molar-refractivity contribution in [2.75, 3.05) is 0 Å².